The van der Waals surface area contributed by atoms with Crippen molar-refractivity contribution in [2.75, 3.05) is 0 Å². The summed E-state index contributed by atoms with van der Waals surface area (Å²) in [6.45, 7) is 0. The van der Waals surface area contributed by atoms with Gasteiger partial charge in [-0.1, -0.05) is 182 Å². The molecule has 0 amide bonds. The van der Waals surface area contributed by atoms with Crippen LogP contribution in [-0.2, 0) is 18.8 Å². The maximum absolute atomic E-state index is 4.61. The first-order valence-electron chi connectivity index (χ1n) is 12.9. The zero-order chi connectivity index (χ0) is 27.8. The van der Waals surface area contributed by atoms with E-state index in [1.807, 2.05) is 0 Å². The van der Waals surface area contributed by atoms with Crippen LogP contribution in [0.2, 0.25) is 0 Å². The molecule has 40 heavy (non-hydrogen) atoms. The summed E-state index contributed by atoms with van der Waals surface area (Å²) in [7, 11) is 3.72. The van der Waals surface area contributed by atoms with Gasteiger partial charge in [-0.3, -0.25) is 0 Å². The van der Waals surface area contributed by atoms with Crippen molar-refractivity contribution in [3.8, 4) is 0 Å². The number of rotatable bonds is 6. The van der Waals surface area contributed by atoms with E-state index in [9.17, 15) is 0 Å². The molecule has 202 valence electrons. The third-order valence-electron chi connectivity index (χ3n) is 6.09. The Morgan fingerprint density at radius 2 is 0.400 bits per heavy atom. The monoisotopic (exact) mass is 755 g/mol. The van der Waals surface area contributed by atoms with E-state index in [1.165, 1.54) is 31.8 Å². The Balaban J connectivity index is 0.000000208. The van der Waals surface area contributed by atoms with Crippen LogP contribution >= 0.6 is 25.3 Å². The molecule has 0 atom stereocenters. The Morgan fingerprint density at radius 1 is 0.275 bits per heavy atom. The van der Waals surface area contributed by atoms with Gasteiger partial charge in [-0.15, -0.1) is 0 Å². The summed E-state index contributed by atoms with van der Waals surface area (Å²) in [5, 5.41) is 8.39. The van der Waals surface area contributed by atoms with Gasteiger partial charge in [-0.2, -0.15) is 0 Å². The van der Waals surface area contributed by atoms with Gasteiger partial charge >= 0.3 is 28.2 Å². The Morgan fingerprint density at radius 3 is 0.525 bits per heavy atom. The largest absolute Gasteiger partial charge is 1.00 e. The van der Waals surface area contributed by atoms with Crippen LogP contribution in [0.3, 0.4) is 0 Å². The van der Waals surface area contributed by atoms with Crippen LogP contribution in [0, 0.1) is 0 Å². The van der Waals surface area contributed by atoms with E-state index in [-0.39, 0.29) is 1.43 Å². The van der Waals surface area contributed by atoms with Crippen molar-refractivity contribution in [3.05, 3.63) is 182 Å². The fourth-order valence-corrected chi connectivity index (χ4v) is 8.97. The predicted molar refractivity (Wildman–Crippen MR) is 177 cm³/mol. The molecule has 6 aromatic rings. The van der Waals surface area contributed by atoms with Crippen molar-refractivity contribution in [1.29, 1.82) is 0 Å². The average molecular weight is 756 g/mol. The van der Waals surface area contributed by atoms with Gasteiger partial charge < -0.3 is 1.43 Å². The number of hydrogen-bond acceptors (Lipinski definition) is 0. The van der Waals surface area contributed by atoms with Crippen LogP contribution in [0.1, 0.15) is 1.43 Å². The maximum atomic E-state index is 4.61. The third-order valence-corrected chi connectivity index (χ3v) is 11.0. The third kappa shape index (κ3) is 8.58. The standard InChI is InChI=1S/2C18H15P.ClH.Pt.H/c2*1-4-10-16(11-5-1)19(17-12-6-2-7-13-17)18-14-8-3-9-15-18;;;/h2*1-15H;1H;;/q;;;+2;-1/p-1. The molecule has 0 spiro atoms. The molecule has 0 nitrogen and oxygen atoms in total. The summed E-state index contributed by atoms with van der Waals surface area (Å²) in [6, 6.07) is 64.7. The zero-order valence-corrected chi connectivity index (χ0v) is 26.7. The molecule has 0 N–H and O–H groups in total. The van der Waals surface area contributed by atoms with Crippen LogP contribution in [-0.4, -0.2) is 0 Å². The molecule has 0 saturated heterocycles. The number of hydrogen-bond donors (Lipinski definition) is 0. The molecule has 0 aliphatic carbocycles. The first kappa shape index (κ1) is 30.1. The second-order valence-electron chi connectivity index (χ2n) is 8.68. The second kappa shape index (κ2) is 17.1. The van der Waals surface area contributed by atoms with Crippen molar-refractivity contribution in [2.45, 2.75) is 0 Å². The Kier molecular flexibility index (Phi) is 12.9. The van der Waals surface area contributed by atoms with E-state index >= 15 is 0 Å². The van der Waals surface area contributed by atoms with E-state index in [0.717, 1.165) is 0 Å². The van der Waals surface area contributed by atoms with Gasteiger partial charge in [0.1, 0.15) is 0 Å². The second-order valence-corrected chi connectivity index (χ2v) is 13.1. The quantitative estimate of drug-likeness (QED) is 0.153. The molecule has 0 radical (unpaired) electrons. The van der Waals surface area contributed by atoms with E-state index in [1.54, 1.807) is 18.8 Å². The zero-order valence-electron chi connectivity index (χ0n) is 22.9. The predicted octanol–water partition coefficient (Wildman–Crippen LogP) is 7.69. The molecule has 0 unspecified atom stereocenters. The summed E-state index contributed by atoms with van der Waals surface area (Å²) in [4.78, 5) is 0. The van der Waals surface area contributed by atoms with Crippen molar-refractivity contribution in [2.24, 2.45) is 0 Å². The molecule has 6 aromatic carbocycles. The smallest absolute Gasteiger partial charge is 0.0134 e. The van der Waals surface area contributed by atoms with Gasteiger partial charge in [-0.25, -0.2) is 0 Å². The number of benzene rings is 6. The Hall–Kier alpha value is -2.84. The van der Waals surface area contributed by atoms with Crippen LogP contribution in [0.4, 0.5) is 0 Å². The molecule has 0 bridgehead atoms. The van der Waals surface area contributed by atoms with Gasteiger partial charge in [0, 0.05) is 0 Å². The summed E-state index contributed by atoms with van der Waals surface area (Å²) in [6.07, 6.45) is 0. The van der Waals surface area contributed by atoms with Crippen molar-refractivity contribution in [1.82, 2.24) is 0 Å². The summed E-state index contributed by atoms with van der Waals surface area (Å²) in [5.41, 5.74) is 0. The van der Waals surface area contributed by atoms with Crippen molar-refractivity contribution in [3.63, 3.8) is 0 Å². The minimum Gasteiger partial charge on any atom is -1.00 e. The van der Waals surface area contributed by atoms with Crippen LogP contribution in [0.5, 0.6) is 0 Å². The SMILES string of the molecule is [Cl][Pt+].[H-].c1ccc(P(c2ccccc2)c2ccccc2)cc1.c1ccc(P(c2ccccc2)c2ccccc2)cc1. The summed E-state index contributed by atoms with van der Waals surface area (Å²) < 4.78 is 0. The van der Waals surface area contributed by atoms with E-state index in [2.05, 4.69) is 191 Å². The fraction of sp³-hybridized carbons (Fsp3) is 0. The molecule has 6 rings (SSSR count). The molecule has 4 heteroatoms. The van der Waals surface area contributed by atoms with Crippen molar-refractivity contribution >= 4 is 57.1 Å². The Bertz CT molecular complexity index is 1190. The van der Waals surface area contributed by atoms with E-state index < -0.39 is 15.8 Å². The maximum Gasteiger partial charge on any atom is -0.0134 e. The van der Waals surface area contributed by atoms with Gasteiger partial charge in [0.2, 0.25) is 0 Å². The van der Waals surface area contributed by atoms with E-state index in [4.69, 9.17) is 0 Å². The molecular weight excluding hydrogens is 725 g/mol. The van der Waals surface area contributed by atoms with Gasteiger partial charge in [0.05, 0.1) is 0 Å². The normalized spacial score (nSPS) is 10.2. The van der Waals surface area contributed by atoms with Crippen molar-refractivity contribution < 1.29 is 20.2 Å². The topological polar surface area (TPSA) is 0 Å². The van der Waals surface area contributed by atoms with Crippen LogP contribution < -0.4 is 31.8 Å². The minimum atomic E-state index is -0.446. The molecular formula is C36H31ClP2Pt. The molecule has 0 aromatic heterocycles. The molecule has 0 aliphatic heterocycles. The summed E-state index contributed by atoms with van der Waals surface area (Å²) >= 11 is 1.61. The number of halogens is 1. The first-order valence-corrected chi connectivity index (χ1v) is 18.4. The van der Waals surface area contributed by atoms with E-state index in [0.29, 0.717) is 0 Å². The van der Waals surface area contributed by atoms with Crippen LogP contribution in [0.25, 0.3) is 0 Å². The fourth-order valence-electron chi connectivity index (χ4n) is 4.36. The minimum absolute atomic E-state index is 0. The Labute approximate surface area is 257 Å². The van der Waals surface area contributed by atoms with Gasteiger partial charge in [0.25, 0.3) is 0 Å². The first-order chi connectivity index (χ1) is 19.9. The molecule has 0 aliphatic rings. The molecule has 0 saturated carbocycles. The van der Waals surface area contributed by atoms with Gasteiger partial charge in [0.15, 0.2) is 0 Å². The molecule has 0 heterocycles. The van der Waals surface area contributed by atoms with Crippen LogP contribution in [0.15, 0.2) is 182 Å². The van der Waals surface area contributed by atoms with Gasteiger partial charge in [-0.05, 0) is 47.7 Å². The molecule has 0 fully saturated rings. The summed E-state index contributed by atoms with van der Waals surface area (Å²) in [5.74, 6) is 0. The average Bonchev–Trinajstić information content (AvgIpc) is 3.06.